The van der Waals surface area contributed by atoms with Crippen LogP contribution in [0.2, 0.25) is 5.02 Å². The SMILES string of the molecule is O=C(O)C(F)(F)Cn1c(Sc2ncc(C(F)(F)F)cc2Cl)nc2ccccc21. The van der Waals surface area contributed by atoms with Gasteiger partial charge in [-0.3, -0.25) is 0 Å². The zero-order valence-electron chi connectivity index (χ0n) is 13.5. The van der Waals surface area contributed by atoms with Crippen LogP contribution in [-0.4, -0.2) is 31.5 Å². The lowest BCUT2D eigenvalue weighted by atomic mass is 10.3. The Labute approximate surface area is 163 Å². The maximum absolute atomic E-state index is 13.8. The predicted octanol–water partition coefficient (Wildman–Crippen LogP) is 4.97. The van der Waals surface area contributed by atoms with Crippen molar-refractivity contribution >= 4 is 40.4 Å². The van der Waals surface area contributed by atoms with Crippen LogP contribution >= 0.6 is 23.4 Å². The van der Waals surface area contributed by atoms with E-state index in [-0.39, 0.29) is 20.7 Å². The molecule has 0 unspecified atom stereocenters. The van der Waals surface area contributed by atoms with Crippen LogP contribution in [0.15, 0.2) is 46.7 Å². The second kappa shape index (κ2) is 7.21. The van der Waals surface area contributed by atoms with Crippen molar-refractivity contribution in [3.8, 4) is 0 Å². The van der Waals surface area contributed by atoms with Gasteiger partial charge in [-0.25, -0.2) is 14.8 Å². The number of alkyl halides is 5. The van der Waals surface area contributed by atoms with Crippen molar-refractivity contribution in [2.45, 2.75) is 28.8 Å². The molecular formula is C16H9ClF5N3O2S. The molecule has 0 amide bonds. The van der Waals surface area contributed by atoms with Gasteiger partial charge in [-0.1, -0.05) is 23.7 Å². The smallest absolute Gasteiger partial charge is 0.417 e. The fraction of sp³-hybridized carbons (Fsp3) is 0.188. The first kappa shape index (κ1) is 20.3. The lowest BCUT2D eigenvalue weighted by molar-refractivity contribution is -0.166. The van der Waals surface area contributed by atoms with Crippen molar-refractivity contribution in [3.63, 3.8) is 0 Å². The zero-order chi connectivity index (χ0) is 20.7. The molecule has 3 rings (SSSR count). The van der Waals surface area contributed by atoms with E-state index in [1.54, 1.807) is 12.1 Å². The number of aromatic nitrogens is 3. The largest absolute Gasteiger partial charge is 0.477 e. The number of para-hydroxylation sites is 2. The predicted molar refractivity (Wildman–Crippen MR) is 90.7 cm³/mol. The van der Waals surface area contributed by atoms with Gasteiger partial charge >= 0.3 is 18.1 Å². The molecule has 0 saturated carbocycles. The molecule has 0 bridgehead atoms. The second-order valence-electron chi connectivity index (χ2n) is 5.59. The maximum Gasteiger partial charge on any atom is 0.417 e. The summed E-state index contributed by atoms with van der Waals surface area (Å²) in [6.07, 6.45) is -4.08. The van der Waals surface area contributed by atoms with Gasteiger partial charge in [-0.2, -0.15) is 22.0 Å². The van der Waals surface area contributed by atoms with Gasteiger partial charge in [0.1, 0.15) is 11.6 Å². The van der Waals surface area contributed by atoms with E-state index in [4.69, 9.17) is 16.7 Å². The number of imidazole rings is 1. The number of rotatable bonds is 5. The van der Waals surface area contributed by atoms with Crippen molar-refractivity contribution in [2.75, 3.05) is 0 Å². The summed E-state index contributed by atoms with van der Waals surface area (Å²) >= 11 is 6.51. The summed E-state index contributed by atoms with van der Waals surface area (Å²) in [5.74, 6) is -6.40. The molecule has 2 aromatic heterocycles. The van der Waals surface area contributed by atoms with E-state index in [1.165, 1.54) is 12.1 Å². The van der Waals surface area contributed by atoms with Crippen molar-refractivity contribution in [1.29, 1.82) is 0 Å². The standard InChI is InChI=1S/C16H9ClF5N3O2S/c17-9-5-8(16(20,21)22)6-23-12(9)28-14-24-10-3-1-2-4-11(10)25(14)7-15(18,19)13(26)27/h1-6H,7H2,(H,26,27). The van der Waals surface area contributed by atoms with E-state index in [2.05, 4.69) is 9.97 Å². The Hall–Kier alpha value is -2.40. The molecular weight excluding hydrogens is 429 g/mol. The number of fused-ring (bicyclic) bond motifs is 1. The Morgan fingerprint density at radius 2 is 1.89 bits per heavy atom. The topological polar surface area (TPSA) is 68.0 Å². The molecule has 3 aromatic rings. The number of pyridine rings is 1. The molecule has 148 valence electrons. The molecule has 0 radical (unpaired) electrons. The molecule has 0 atom stereocenters. The number of hydrogen-bond acceptors (Lipinski definition) is 4. The number of carbonyl (C=O) groups is 1. The van der Waals surface area contributed by atoms with E-state index in [9.17, 15) is 26.7 Å². The third kappa shape index (κ3) is 4.04. The Bertz CT molecular complexity index is 1050. The van der Waals surface area contributed by atoms with Crippen molar-refractivity contribution in [3.05, 3.63) is 47.1 Å². The van der Waals surface area contributed by atoms with Gasteiger partial charge < -0.3 is 9.67 Å². The number of carboxylic acid groups (broad SMARTS) is 1. The number of hydrogen-bond donors (Lipinski definition) is 1. The highest BCUT2D eigenvalue weighted by molar-refractivity contribution is 7.99. The second-order valence-corrected chi connectivity index (χ2v) is 6.95. The van der Waals surface area contributed by atoms with E-state index < -0.39 is 30.2 Å². The molecule has 12 heteroatoms. The number of carboxylic acids is 1. The van der Waals surface area contributed by atoms with Crippen LogP contribution < -0.4 is 0 Å². The first-order valence-corrected chi connectivity index (χ1v) is 8.65. The number of halogens is 6. The molecule has 1 aromatic carbocycles. The minimum absolute atomic E-state index is 0.0868. The fourth-order valence-electron chi connectivity index (χ4n) is 2.29. The van der Waals surface area contributed by atoms with Gasteiger partial charge in [0, 0.05) is 6.20 Å². The summed E-state index contributed by atoms with van der Waals surface area (Å²) < 4.78 is 66.7. The van der Waals surface area contributed by atoms with Gasteiger partial charge in [0.2, 0.25) is 0 Å². The first-order chi connectivity index (χ1) is 13.0. The third-order valence-corrected chi connectivity index (χ3v) is 5.02. The van der Waals surface area contributed by atoms with Gasteiger partial charge in [0.05, 0.1) is 21.6 Å². The van der Waals surface area contributed by atoms with E-state index >= 15 is 0 Å². The van der Waals surface area contributed by atoms with Crippen LogP contribution in [-0.2, 0) is 17.5 Å². The van der Waals surface area contributed by atoms with Crippen LogP contribution in [0.25, 0.3) is 11.0 Å². The van der Waals surface area contributed by atoms with Gasteiger partial charge in [-0.15, -0.1) is 0 Å². The molecule has 0 saturated heterocycles. The highest BCUT2D eigenvalue weighted by Gasteiger charge is 2.40. The molecule has 28 heavy (non-hydrogen) atoms. The lowest BCUT2D eigenvalue weighted by Gasteiger charge is -2.15. The molecule has 0 aliphatic rings. The average molecular weight is 438 g/mol. The number of benzene rings is 1. The minimum atomic E-state index is -4.64. The molecule has 2 heterocycles. The average Bonchev–Trinajstić information content (AvgIpc) is 2.92. The summed E-state index contributed by atoms with van der Waals surface area (Å²) in [5.41, 5.74) is -0.532. The van der Waals surface area contributed by atoms with Crippen LogP contribution in [0.5, 0.6) is 0 Å². The summed E-state index contributed by atoms with van der Waals surface area (Å²) in [6.45, 7) is -1.22. The highest BCUT2D eigenvalue weighted by Crippen LogP contribution is 2.37. The molecule has 1 N–H and O–H groups in total. The summed E-state index contributed by atoms with van der Waals surface area (Å²) in [4.78, 5) is 18.6. The van der Waals surface area contributed by atoms with Gasteiger partial charge in [-0.05, 0) is 30.0 Å². The molecule has 0 aliphatic carbocycles. The summed E-state index contributed by atoms with van der Waals surface area (Å²) in [5, 5.41) is 8.19. The summed E-state index contributed by atoms with van der Waals surface area (Å²) in [6, 6.07) is 6.81. The van der Waals surface area contributed by atoms with E-state index in [0.717, 1.165) is 4.57 Å². The number of nitrogens with zero attached hydrogens (tertiary/aromatic N) is 3. The maximum atomic E-state index is 13.8. The van der Waals surface area contributed by atoms with Crippen LogP contribution in [0, 0.1) is 0 Å². The van der Waals surface area contributed by atoms with Crippen LogP contribution in [0.3, 0.4) is 0 Å². The minimum Gasteiger partial charge on any atom is -0.477 e. The zero-order valence-corrected chi connectivity index (χ0v) is 15.1. The van der Waals surface area contributed by atoms with Crippen LogP contribution in [0.4, 0.5) is 22.0 Å². The molecule has 5 nitrogen and oxygen atoms in total. The van der Waals surface area contributed by atoms with E-state index in [0.29, 0.717) is 29.5 Å². The molecule has 0 aliphatic heterocycles. The van der Waals surface area contributed by atoms with Crippen molar-refractivity contribution in [2.24, 2.45) is 0 Å². The van der Waals surface area contributed by atoms with Gasteiger partial charge in [0.15, 0.2) is 5.16 Å². The van der Waals surface area contributed by atoms with E-state index in [1.807, 2.05) is 0 Å². The number of aliphatic carboxylic acids is 1. The fourth-order valence-corrected chi connectivity index (χ4v) is 3.43. The summed E-state index contributed by atoms with van der Waals surface area (Å²) in [7, 11) is 0. The highest BCUT2D eigenvalue weighted by atomic mass is 35.5. The molecule has 0 fully saturated rings. The Kier molecular flexibility index (Phi) is 5.24. The third-order valence-electron chi connectivity index (χ3n) is 3.61. The Morgan fingerprint density at radius 1 is 1.21 bits per heavy atom. The quantitative estimate of drug-likeness (QED) is 0.570. The van der Waals surface area contributed by atoms with Crippen molar-refractivity contribution < 1.29 is 31.9 Å². The first-order valence-electron chi connectivity index (χ1n) is 7.46. The van der Waals surface area contributed by atoms with Crippen molar-refractivity contribution in [1.82, 2.24) is 14.5 Å². The Balaban J connectivity index is 2.04. The lowest BCUT2D eigenvalue weighted by Crippen LogP contribution is -2.33. The van der Waals surface area contributed by atoms with Crippen LogP contribution in [0.1, 0.15) is 5.56 Å². The molecule has 0 spiro atoms. The van der Waals surface area contributed by atoms with Gasteiger partial charge in [0.25, 0.3) is 0 Å². The normalized spacial score (nSPS) is 12.5. The monoisotopic (exact) mass is 437 g/mol. The Morgan fingerprint density at radius 3 is 2.50 bits per heavy atom.